The number of carbonyl (C=O) groups is 3. The average Bonchev–Trinajstić information content (AvgIpc) is 3.44. The summed E-state index contributed by atoms with van der Waals surface area (Å²) in [7, 11) is 0. The Hall–Kier alpha value is -4.15. The molecule has 0 unspecified atom stereocenters. The smallest absolute Gasteiger partial charge is 0.434 e. The number of carbonyl (C=O) groups excluding carboxylic acids is 3. The van der Waals surface area contributed by atoms with Gasteiger partial charge in [0.25, 0.3) is 5.91 Å². The van der Waals surface area contributed by atoms with Crippen molar-refractivity contribution in [1.82, 2.24) is 9.78 Å². The maximum absolute atomic E-state index is 13.7. The summed E-state index contributed by atoms with van der Waals surface area (Å²) in [6, 6.07) is 10.6. The predicted octanol–water partition coefficient (Wildman–Crippen LogP) is 4.23. The van der Waals surface area contributed by atoms with Gasteiger partial charge < -0.3 is 15.0 Å². The van der Waals surface area contributed by atoms with Crippen molar-refractivity contribution < 1.29 is 32.3 Å². The van der Waals surface area contributed by atoms with Crippen LogP contribution in [0, 0.1) is 0 Å². The highest BCUT2D eigenvalue weighted by molar-refractivity contribution is 6.05. The molecule has 1 aromatic heterocycles. The van der Waals surface area contributed by atoms with E-state index in [1.807, 2.05) is 0 Å². The lowest BCUT2D eigenvalue weighted by Gasteiger charge is -2.15. The number of esters is 1. The normalized spacial score (nSPS) is 12.9. The van der Waals surface area contributed by atoms with E-state index in [4.69, 9.17) is 4.74 Å². The van der Waals surface area contributed by atoms with E-state index in [0.717, 1.165) is 17.4 Å². The van der Waals surface area contributed by atoms with Gasteiger partial charge in [0.05, 0.1) is 18.5 Å². The van der Waals surface area contributed by atoms with Crippen LogP contribution in [0.25, 0.3) is 5.69 Å². The van der Waals surface area contributed by atoms with E-state index >= 15 is 0 Å². The molecule has 0 aliphatic carbocycles. The topological polar surface area (TPSA) is 93.5 Å². The van der Waals surface area contributed by atoms with Crippen LogP contribution >= 0.6 is 0 Å². The first-order valence-corrected chi connectivity index (χ1v) is 10.7. The van der Waals surface area contributed by atoms with Crippen molar-refractivity contribution in [2.24, 2.45) is 0 Å². The molecule has 182 valence electrons. The number of rotatable bonds is 5. The molecule has 0 spiro atoms. The first-order chi connectivity index (χ1) is 16.6. The highest BCUT2D eigenvalue weighted by Crippen LogP contribution is 2.34. The van der Waals surface area contributed by atoms with Gasteiger partial charge in [-0.3, -0.25) is 9.59 Å². The number of aromatic nitrogens is 2. The predicted molar refractivity (Wildman–Crippen MR) is 121 cm³/mol. The van der Waals surface area contributed by atoms with E-state index in [2.05, 4.69) is 10.4 Å². The molecule has 11 heteroatoms. The maximum Gasteiger partial charge on any atom is 0.434 e. The van der Waals surface area contributed by atoms with E-state index in [9.17, 15) is 27.6 Å². The minimum Gasteiger partial charge on any atom is -0.462 e. The van der Waals surface area contributed by atoms with Crippen LogP contribution in [-0.2, 0) is 22.1 Å². The number of amides is 2. The zero-order valence-electron chi connectivity index (χ0n) is 18.8. The Bertz CT molecular complexity index is 1300. The molecule has 0 atom stereocenters. The van der Waals surface area contributed by atoms with Crippen LogP contribution in [-0.4, -0.2) is 40.7 Å². The molecule has 2 amide bonds. The average molecular weight is 486 g/mol. The van der Waals surface area contributed by atoms with E-state index in [1.54, 1.807) is 23.1 Å². The van der Waals surface area contributed by atoms with Gasteiger partial charge in [-0.15, -0.1) is 0 Å². The second-order valence-corrected chi connectivity index (χ2v) is 7.80. The maximum atomic E-state index is 13.7. The number of ether oxygens (including phenoxy) is 1. The molecular weight excluding hydrogens is 465 g/mol. The Labute approximate surface area is 198 Å². The lowest BCUT2D eigenvalue weighted by atomic mass is 10.1. The van der Waals surface area contributed by atoms with Gasteiger partial charge in [0.15, 0.2) is 5.69 Å². The second-order valence-electron chi connectivity index (χ2n) is 7.80. The lowest BCUT2D eigenvalue weighted by Crippen LogP contribution is -2.25. The summed E-state index contributed by atoms with van der Waals surface area (Å²) in [6.45, 7) is 3.46. The molecule has 3 aromatic rings. The molecule has 2 heterocycles. The Morgan fingerprint density at radius 3 is 2.46 bits per heavy atom. The molecule has 0 bridgehead atoms. The number of halogens is 3. The van der Waals surface area contributed by atoms with Crippen molar-refractivity contribution in [3.63, 3.8) is 0 Å². The molecule has 0 saturated carbocycles. The third-order valence-electron chi connectivity index (χ3n) is 5.52. The van der Waals surface area contributed by atoms with E-state index in [1.165, 1.54) is 38.1 Å². The van der Waals surface area contributed by atoms with Crippen molar-refractivity contribution in [3.05, 3.63) is 71.0 Å². The quantitative estimate of drug-likeness (QED) is 0.545. The van der Waals surface area contributed by atoms with Crippen molar-refractivity contribution in [2.45, 2.75) is 26.4 Å². The lowest BCUT2D eigenvalue weighted by molar-refractivity contribution is -0.143. The highest BCUT2D eigenvalue weighted by Gasteiger charge is 2.41. The van der Waals surface area contributed by atoms with Crippen LogP contribution in [0.15, 0.2) is 48.7 Å². The van der Waals surface area contributed by atoms with Gasteiger partial charge in [-0.25, -0.2) is 9.48 Å². The molecular formula is C24H21F3N4O4. The molecule has 35 heavy (non-hydrogen) atoms. The molecule has 0 saturated heterocycles. The molecule has 1 aliphatic rings. The van der Waals surface area contributed by atoms with Crippen LogP contribution in [0.3, 0.4) is 0 Å². The molecule has 2 aromatic carbocycles. The minimum atomic E-state index is -4.85. The summed E-state index contributed by atoms with van der Waals surface area (Å²) < 4.78 is 46.4. The van der Waals surface area contributed by atoms with Crippen molar-refractivity contribution in [2.75, 3.05) is 23.4 Å². The number of benzene rings is 2. The fourth-order valence-corrected chi connectivity index (χ4v) is 3.93. The van der Waals surface area contributed by atoms with Crippen molar-refractivity contribution >= 4 is 29.2 Å². The summed E-state index contributed by atoms with van der Waals surface area (Å²) >= 11 is 0. The molecule has 0 radical (unpaired) electrons. The van der Waals surface area contributed by atoms with Crippen molar-refractivity contribution in [1.29, 1.82) is 0 Å². The fourth-order valence-electron chi connectivity index (χ4n) is 3.93. The zero-order valence-corrected chi connectivity index (χ0v) is 18.8. The molecule has 0 fully saturated rings. The first-order valence-electron chi connectivity index (χ1n) is 10.7. The van der Waals surface area contributed by atoms with Gasteiger partial charge in [-0.05, 0) is 61.4 Å². The Kier molecular flexibility index (Phi) is 6.33. The third-order valence-corrected chi connectivity index (χ3v) is 5.52. The summed E-state index contributed by atoms with van der Waals surface area (Å²) in [5, 5.41) is 6.43. The number of hydrogen-bond donors (Lipinski definition) is 1. The second kappa shape index (κ2) is 9.24. The van der Waals surface area contributed by atoms with Gasteiger partial charge in [0.2, 0.25) is 5.91 Å². The minimum absolute atomic E-state index is 0.0488. The molecule has 8 nitrogen and oxygen atoms in total. The highest BCUT2D eigenvalue weighted by atomic mass is 19.4. The fraction of sp³-hybridized carbons (Fsp3) is 0.250. The summed E-state index contributed by atoms with van der Waals surface area (Å²) in [6.07, 6.45) is -3.39. The van der Waals surface area contributed by atoms with Crippen LogP contribution in [0.2, 0.25) is 0 Å². The number of nitrogens with zero attached hydrogens (tertiary/aromatic N) is 3. The number of anilines is 2. The molecule has 4 rings (SSSR count). The molecule has 1 N–H and O–H groups in total. The van der Waals surface area contributed by atoms with Crippen molar-refractivity contribution in [3.8, 4) is 5.69 Å². The zero-order chi connectivity index (χ0) is 25.3. The van der Waals surface area contributed by atoms with Crippen LogP contribution in [0.1, 0.15) is 45.8 Å². The van der Waals surface area contributed by atoms with Gasteiger partial charge >= 0.3 is 12.1 Å². The number of nitrogens with one attached hydrogen (secondary N) is 1. The third kappa shape index (κ3) is 4.75. The van der Waals surface area contributed by atoms with Crippen LogP contribution in [0.5, 0.6) is 0 Å². The Morgan fingerprint density at radius 2 is 1.83 bits per heavy atom. The summed E-state index contributed by atoms with van der Waals surface area (Å²) in [5.74, 6) is -1.58. The van der Waals surface area contributed by atoms with Gasteiger partial charge in [-0.1, -0.05) is 0 Å². The van der Waals surface area contributed by atoms with E-state index in [-0.39, 0.29) is 18.2 Å². The first kappa shape index (κ1) is 24.0. The number of hydrogen-bond acceptors (Lipinski definition) is 5. The Balaban J connectivity index is 1.54. The standard InChI is InChI=1S/C24H21F3N4O4/c1-3-35-23(34)19-13-28-31(21(19)24(25,26)27)18-7-5-17(6-8-18)29-22(33)16-4-9-20-15(12-16)10-11-30(20)14(2)32/h4-9,12-13H,3,10-11H2,1-2H3,(H,29,33). The van der Waals surface area contributed by atoms with Crippen LogP contribution < -0.4 is 10.2 Å². The molecule has 1 aliphatic heterocycles. The summed E-state index contributed by atoms with van der Waals surface area (Å²) in [4.78, 5) is 38.0. The van der Waals surface area contributed by atoms with Crippen LogP contribution in [0.4, 0.5) is 24.5 Å². The summed E-state index contributed by atoms with van der Waals surface area (Å²) in [5.41, 5.74) is 0.536. The largest absolute Gasteiger partial charge is 0.462 e. The number of alkyl halides is 3. The van der Waals surface area contributed by atoms with E-state index < -0.39 is 29.3 Å². The monoisotopic (exact) mass is 486 g/mol. The number of fused-ring (bicyclic) bond motifs is 1. The van der Waals surface area contributed by atoms with Gasteiger partial charge in [0, 0.05) is 30.4 Å². The Morgan fingerprint density at radius 1 is 1.11 bits per heavy atom. The SMILES string of the molecule is CCOC(=O)c1cnn(-c2ccc(NC(=O)c3ccc4c(c3)CCN4C(C)=O)cc2)c1C(F)(F)F. The van der Waals surface area contributed by atoms with Gasteiger partial charge in [-0.2, -0.15) is 18.3 Å². The van der Waals surface area contributed by atoms with Gasteiger partial charge in [0.1, 0.15) is 5.56 Å². The van der Waals surface area contributed by atoms with E-state index in [0.29, 0.717) is 28.9 Å².